The molecule has 2 atom stereocenters. The third-order valence-electron chi connectivity index (χ3n) is 2.41. The van der Waals surface area contributed by atoms with Crippen molar-refractivity contribution in [3.63, 3.8) is 0 Å². The van der Waals surface area contributed by atoms with Gasteiger partial charge < -0.3 is 9.84 Å². The lowest BCUT2D eigenvalue weighted by molar-refractivity contribution is 0.0833. The van der Waals surface area contributed by atoms with Crippen LogP contribution in [0.4, 0.5) is 0 Å². The maximum absolute atomic E-state index is 9.59. The van der Waals surface area contributed by atoms with Gasteiger partial charge >= 0.3 is 0 Å². The molecule has 1 aliphatic carbocycles. The standard InChI is InChI=1S/C10H8O2/c11-10-6-5-7-3-1-2-4-8(7)9(10)12-10/h1-6,9,11H. The summed E-state index contributed by atoms with van der Waals surface area (Å²) in [5.41, 5.74) is 2.23. The van der Waals surface area contributed by atoms with Gasteiger partial charge in [0.25, 0.3) is 0 Å². The minimum Gasteiger partial charge on any atom is -0.360 e. The topological polar surface area (TPSA) is 32.8 Å². The fourth-order valence-corrected chi connectivity index (χ4v) is 1.68. The van der Waals surface area contributed by atoms with Gasteiger partial charge in [0, 0.05) is 0 Å². The molecule has 1 aliphatic heterocycles. The molecule has 60 valence electrons. The van der Waals surface area contributed by atoms with Gasteiger partial charge in [-0.1, -0.05) is 30.3 Å². The zero-order valence-electron chi connectivity index (χ0n) is 6.40. The van der Waals surface area contributed by atoms with Gasteiger partial charge in [-0.2, -0.15) is 0 Å². The van der Waals surface area contributed by atoms with Crippen molar-refractivity contribution in [2.45, 2.75) is 11.9 Å². The predicted molar refractivity (Wildman–Crippen MR) is 44.3 cm³/mol. The van der Waals surface area contributed by atoms with Gasteiger partial charge in [0.15, 0.2) is 0 Å². The molecular weight excluding hydrogens is 152 g/mol. The Labute approximate surface area is 70.1 Å². The molecule has 1 saturated heterocycles. The number of ether oxygens (including phenoxy) is 1. The number of hydrogen-bond acceptors (Lipinski definition) is 2. The van der Waals surface area contributed by atoms with Crippen LogP contribution in [0.15, 0.2) is 30.3 Å². The van der Waals surface area contributed by atoms with E-state index in [-0.39, 0.29) is 6.10 Å². The maximum Gasteiger partial charge on any atom is 0.218 e. The van der Waals surface area contributed by atoms with E-state index in [0.29, 0.717) is 0 Å². The van der Waals surface area contributed by atoms with Crippen molar-refractivity contribution in [1.29, 1.82) is 0 Å². The van der Waals surface area contributed by atoms with Crippen LogP contribution >= 0.6 is 0 Å². The smallest absolute Gasteiger partial charge is 0.218 e. The highest BCUT2D eigenvalue weighted by Crippen LogP contribution is 2.52. The number of rotatable bonds is 0. The van der Waals surface area contributed by atoms with Crippen LogP contribution < -0.4 is 0 Å². The first-order chi connectivity index (χ1) is 5.80. The van der Waals surface area contributed by atoms with Crippen molar-refractivity contribution in [2.24, 2.45) is 0 Å². The fraction of sp³-hybridized carbons (Fsp3) is 0.200. The van der Waals surface area contributed by atoms with Crippen molar-refractivity contribution in [1.82, 2.24) is 0 Å². The summed E-state index contributed by atoms with van der Waals surface area (Å²) in [5, 5.41) is 9.59. The lowest BCUT2D eigenvalue weighted by atomic mass is 9.96. The van der Waals surface area contributed by atoms with Crippen LogP contribution in [0.1, 0.15) is 17.2 Å². The first-order valence-corrected chi connectivity index (χ1v) is 3.98. The van der Waals surface area contributed by atoms with E-state index in [2.05, 4.69) is 0 Å². The predicted octanol–water partition coefficient (Wildman–Crippen LogP) is 1.47. The molecule has 2 nitrogen and oxygen atoms in total. The van der Waals surface area contributed by atoms with Crippen molar-refractivity contribution in [3.8, 4) is 0 Å². The molecule has 1 heterocycles. The largest absolute Gasteiger partial charge is 0.360 e. The van der Waals surface area contributed by atoms with E-state index in [0.717, 1.165) is 11.1 Å². The van der Waals surface area contributed by atoms with E-state index in [1.807, 2.05) is 30.3 Å². The second-order valence-corrected chi connectivity index (χ2v) is 3.21. The molecule has 3 rings (SSSR count). The van der Waals surface area contributed by atoms with Crippen LogP contribution in [0.5, 0.6) is 0 Å². The van der Waals surface area contributed by atoms with Gasteiger partial charge in [0.05, 0.1) is 0 Å². The molecular formula is C10H8O2. The summed E-state index contributed by atoms with van der Waals surface area (Å²) in [7, 11) is 0. The SMILES string of the molecule is OC12C=Cc3ccccc3C1O2. The van der Waals surface area contributed by atoms with Crippen LogP contribution in [-0.4, -0.2) is 10.9 Å². The molecule has 2 unspecified atom stereocenters. The summed E-state index contributed by atoms with van der Waals surface area (Å²) in [5.74, 6) is -0.992. The van der Waals surface area contributed by atoms with E-state index in [1.165, 1.54) is 0 Å². The summed E-state index contributed by atoms with van der Waals surface area (Å²) >= 11 is 0. The molecule has 0 saturated carbocycles. The van der Waals surface area contributed by atoms with Crippen molar-refractivity contribution in [3.05, 3.63) is 41.5 Å². The van der Waals surface area contributed by atoms with Crippen LogP contribution in [0.2, 0.25) is 0 Å². The Morgan fingerprint density at radius 2 is 2.17 bits per heavy atom. The average Bonchev–Trinajstić information content (AvgIpc) is 2.78. The highest BCUT2D eigenvalue weighted by atomic mass is 16.7. The molecule has 2 heteroatoms. The molecule has 1 aromatic carbocycles. The molecule has 0 spiro atoms. The second-order valence-electron chi connectivity index (χ2n) is 3.21. The molecule has 0 amide bonds. The first-order valence-electron chi connectivity index (χ1n) is 3.98. The number of benzene rings is 1. The Hall–Kier alpha value is -1.12. The minimum atomic E-state index is -0.992. The van der Waals surface area contributed by atoms with E-state index < -0.39 is 5.79 Å². The van der Waals surface area contributed by atoms with Gasteiger partial charge in [-0.15, -0.1) is 0 Å². The molecule has 2 aliphatic rings. The summed E-state index contributed by atoms with van der Waals surface area (Å²) < 4.78 is 5.16. The average molecular weight is 160 g/mol. The van der Waals surface area contributed by atoms with Crippen LogP contribution in [0.25, 0.3) is 6.08 Å². The van der Waals surface area contributed by atoms with E-state index >= 15 is 0 Å². The normalized spacial score (nSPS) is 35.6. The number of aliphatic hydroxyl groups is 1. The third kappa shape index (κ3) is 0.661. The molecule has 12 heavy (non-hydrogen) atoms. The fourth-order valence-electron chi connectivity index (χ4n) is 1.68. The zero-order valence-corrected chi connectivity index (χ0v) is 6.40. The van der Waals surface area contributed by atoms with E-state index in [1.54, 1.807) is 6.08 Å². The summed E-state index contributed by atoms with van der Waals surface area (Å²) in [4.78, 5) is 0. The van der Waals surface area contributed by atoms with Gasteiger partial charge in [-0.25, -0.2) is 0 Å². The summed E-state index contributed by atoms with van der Waals surface area (Å²) in [6.45, 7) is 0. The quantitative estimate of drug-likeness (QED) is 0.583. The highest BCUT2D eigenvalue weighted by molar-refractivity contribution is 5.61. The molecule has 1 aromatic rings. The van der Waals surface area contributed by atoms with Gasteiger partial charge in [0.2, 0.25) is 5.79 Å². The summed E-state index contributed by atoms with van der Waals surface area (Å²) in [6, 6.07) is 7.95. The number of fused-ring (bicyclic) bond motifs is 3. The highest BCUT2D eigenvalue weighted by Gasteiger charge is 2.56. The van der Waals surface area contributed by atoms with Gasteiger partial charge in [-0.3, -0.25) is 0 Å². The van der Waals surface area contributed by atoms with E-state index in [4.69, 9.17) is 4.74 Å². The van der Waals surface area contributed by atoms with Crippen molar-refractivity contribution in [2.75, 3.05) is 0 Å². The van der Waals surface area contributed by atoms with Crippen LogP contribution in [-0.2, 0) is 4.74 Å². The van der Waals surface area contributed by atoms with E-state index in [9.17, 15) is 5.11 Å². The Morgan fingerprint density at radius 3 is 3.08 bits per heavy atom. The Balaban J connectivity index is 2.21. The lowest BCUT2D eigenvalue weighted by Gasteiger charge is -2.08. The first kappa shape index (κ1) is 6.40. The van der Waals surface area contributed by atoms with Gasteiger partial charge in [-0.05, 0) is 17.2 Å². The van der Waals surface area contributed by atoms with Crippen molar-refractivity contribution >= 4 is 6.08 Å². The Bertz CT molecular complexity index is 370. The molecule has 0 aromatic heterocycles. The van der Waals surface area contributed by atoms with Crippen LogP contribution in [0, 0.1) is 0 Å². The monoisotopic (exact) mass is 160 g/mol. The maximum atomic E-state index is 9.59. The van der Waals surface area contributed by atoms with Gasteiger partial charge in [0.1, 0.15) is 6.10 Å². The lowest BCUT2D eigenvalue weighted by Crippen LogP contribution is -2.09. The second kappa shape index (κ2) is 1.79. The summed E-state index contributed by atoms with van der Waals surface area (Å²) in [6.07, 6.45) is 3.48. The Kier molecular flexibility index (Phi) is 0.953. The minimum absolute atomic E-state index is 0.126. The number of hydrogen-bond donors (Lipinski definition) is 1. The van der Waals surface area contributed by atoms with Crippen molar-refractivity contribution < 1.29 is 9.84 Å². The third-order valence-corrected chi connectivity index (χ3v) is 2.41. The van der Waals surface area contributed by atoms with Crippen LogP contribution in [0.3, 0.4) is 0 Å². The zero-order chi connectivity index (χ0) is 8.18. The molecule has 1 N–H and O–H groups in total. The molecule has 1 fully saturated rings. The number of epoxide rings is 1. The molecule has 0 radical (unpaired) electrons. The Morgan fingerprint density at radius 1 is 1.33 bits per heavy atom. The molecule has 0 bridgehead atoms.